The number of aromatic nitrogens is 1. The molecule has 0 spiro atoms. The highest BCUT2D eigenvalue weighted by atomic mass is 16.6. The Balaban J connectivity index is 2.03. The lowest BCUT2D eigenvalue weighted by atomic mass is 10.0. The molecular formula is C13H17N3O3. The fourth-order valence-corrected chi connectivity index (χ4v) is 1.81. The van der Waals surface area contributed by atoms with Crippen molar-refractivity contribution in [1.29, 1.82) is 0 Å². The minimum atomic E-state index is -0.633. The van der Waals surface area contributed by atoms with Crippen LogP contribution < -0.4 is 10.6 Å². The van der Waals surface area contributed by atoms with E-state index in [0.717, 1.165) is 11.3 Å². The molecule has 0 saturated heterocycles. The van der Waals surface area contributed by atoms with Crippen LogP contribution in [0.5, 0.6) is 0 Å². The molecule has 0 aromatic carbocycles. The first kappa shape index (κ1) is 13.3. The van der Waals surface area contributed by atoms with E-state index in [0.29, 0.717) is 6.42 Å². The summed E-state index contributed by atoms with van der Waals surface area (Å²) in [5.74, 6) is -0.246. The summed E-state index contributed by atoms with van der Waals surface area (Å²) in [6.45, 7) is 5.31. The molecule has 2 amide bonds. The van der Waals surface area contributed by atoms with Crippen molar-refractivity contribution in [2.24, 2.45) is 0 Å². The predicted molar refractivity (Wildman–Crippen MR) is 69.7 cm³/mol. The van der Waals surface area contributed by atoms with Crippen LogP contribution in [0.15, 0.2) is 18.5 Å². The summed E-state index contributed by atoms with van der Waals surface area (Å²) in [7, 11) is 0. The van der Waals surface area contributed by atoms with Crippen molar-refractivity contribution in [1.82, 2.24) is 10.3 Å². The minimum Gasteiger partial charge on any atom is -0.444 e. The van der Waals surface area contributed by atoms with E-state index in [1.54, 1.807) is 39.2 Å². The van der Waals surface area contributed by atoms with Crippen LogP contribution in [-0.4, -0.2) is 28.6 Å². The molecule has 1 aliphatic rings. The van der Waals surface area contributed by atoms with Gasteiger partial charge in [-0.05, 0) is 32.4 Å². The van der Waals surface area contributed by atoms with Gasteiger partial charge in [-0.2, -0.15) is 0 Å². The second-order valence-electron chi connectivity index (χ2n) is 5.43. The van der Waals surface area contributed by atoms with Crippen molar-refractivity contribution >= 4 is 17.7 Å². The monoisotopic (exact) mass is 263 g/mol. The second-order valence-corrected chi connectivity index (χ2v) is 5.43. The molecule has 1 aromatic heterocycles. The van der Waals surface area contributed by atoms with Crippen molar-refractivity contribution in [3.8, 4) is 0 Å². The number of alkyl carbamates (subject to hydrolysis) is 1. The highest BCUT2D eigenvalue weighted by Crippen LogP contribution is 2.21. The SMILES string of the molecule is CC(C)(C)OC(=O)NC1Cc2cnccc2NC1=O. The lowest BCUT2D eigenvalue weighted by Gasteiger charge is -2.26. The molecule has 2 heterocycles. The van der Waals surface area contributed by atoms with Crippen LogP contribution in [0, 0.1) is 0 Å². The van der Waals surface area contributed by atoms with E-state index in [1.165, 1.54) is 0 Å². The molecule has 0 radical (unpaired) electrons. The van der Waals surface area contributed by atoms with Crippen molar-refractivity contribution < 1.29 is 14.3 Å². The van der Waals surface area contributed by atoms with Crippen LogP contribution in [0.4, 0.5) is 10.5 Å². The van der Waals surface area contributed by atoms with Gasteiger partial charge in [-0.15, -0.1) is 0 Å². The number of nitrogens with zero attached hydrogens (tertiary/aromatic N) is 1. The Morgan fingerprint density at radius 1 is 1.53 bits per heavy atom. The lowest BCUT2D eigenvalue weighted by Crippen LogP contribution is -2.49. The zero-order valence-electron chi connectivity index (χ0n) is 11.2. The molecule has 0 aliphatic carbocycles. The van der Waals surface area contributed by atoms with Crippen LogP contribution in [0.2, 0.25) is 0 Å². The number of fused-ring (bicyclic) bond motifs is 1. The van der Waals surface area contributed by atoms with Gasteiger partial charge in [0.15, 0.2) is 0 Å². The standard InChI is InChI=1S/C13H17N3O3/c1-13(2,3)19-12(18)16-10-6-8-7-14-5-4-9(8)15-11(10)17/h4-5,7,10H,6H2,1-3H3,(H,15,17)(H,16,18). The Hall–Kier alpha value is -2.11. The van der Waals surface area contributed by atoms with E-state index < -0.39 is 17.7 Å². The van der Waals surface area contributed by atoms with Gasteiger partial charge >= 0.3 is 6.09 Å². The largest absolute Gasteiger partial charge is 0.444 e. The first-order valence-corrected chi connectivity index (χ1v) is 6.08. The lowest BCUT2D eigenvalue weighted by molar-refractivity contribution is -0.118. The van der Waals surface area contributed by atoms with Gasteiger partial charge in [0.2, 0.25) is 5.91 Å². The molecule has 1 aromatic rings. The molecule has 6 heteroatoms. The zero-order chi connectivity index (χ0) is 14.0. The van der Waals surface area contributed by atoms with Gasteiger partial charge in [-0.1, -0.05) is 0 Å². The summed E-state index contributed by atoms with van der Waals surface area (Å²) in [4.78, 5) is 27.5. The maximum absolute atomic E-state index is 11.9. The molecule has 0 fully saturated rings. The van der Waals surface area contributed by atoms with Gasteiger partial charge < -0.3 is 15.4 Å². The number of ether oxygens (including phenoxy) is 1. The number of hydrogen-bond donors (Lipinski definition) is 2. The van der Waals surface area contributed by atoms with Crippen molar-refractivity contribution in [3.63, 3.8) is 0 Å². The Kier molecular flexibility index (Phi) is 3.42. The summed E-state index contributed by atoms with van der Waals surface area (Å²) < 4.78 is 5.13. The third-order valence-electron chi connectivity index (χ3n) is 2.59. The smallest absolute Gasteiger partial charge is 0.408 e. The number of anilines is 1. The highest BCUT2D eigenvalue weighted by Gasteiger charge is 2.29. The van der Waals surface area contributed by atoms with Crippen molar-refractivity contribution in [3.05, 3.63) is 24.0 Å². The third-order valence-corrected chi connectivity index (χ3v) is 2.59. The van der Waals surface area contributed by atoms with Crippen LogP contribution in [0.3, 0.4) is 0 Å². The highest BCUT2D eigenvalue weighted by molar-refractivity contribution is 5.99. The van der Waals surface area contributed by atoms with Crippen LogP contribution >= 0.6 is 0 Å². The molecule has 19 heavy (non-hydrogen) atoms. The molecule has 1 aliphatic heterocycles. The van der Waals surface area contributed by atoms with E-state index in [-0.39, 0.29) is 5.91 Å². The molecule has 2 N–H and O–H groups in total. The summed E-state index contributed by atoms with van der Waals surface area (Å²) in [6.07, 6.45) is 3.10. The normalized spacial score (nSPS) is 18.3. The van der Waals surface area contributed by atoms with Gasteiger partial charge in [0.05, 0.1) is 0 Å². The number of carbonyl (C=O) groups is 2. The summed E-state index contributed by atoms with van der Waals surface area (Å²) >= 11 is 0. The molecule has 0 saturated carbocycles. The van der Waals surface area contributed by atoms with E-state index in [4.69, 9.17) is 4.74 Å². The Labute approximate surface area is 111 Å². The number of amides is 2. The number of hydrogen-bond acceptors (Lipinski definition) is 4. The molecule has 1 atom stereocenters. The van der Waals surface area contributed by atoms with Gasteiger partial charge in [-0.3, -0.25) is 9.78 Å². The van der Waals surface area contributed by atoms with Gasteiger partial charge in [0, 0.05) is 24.5 Å². The first-order chi connectivity index (χ1) is 8.85. The molecular weight excluding hydrogens is 246 g/mol. The number of rotatable bonds is 1. The third kappa shape index (κ3) is 3.43. The van der Waals surface area contributed by atoms with Gasteiger partial charge in [-0.25, -0.2) is 4.79 Å². The van der Waals surface area contributed by atoms with E-state index >= 15 is 0 Å². The Morgan fingerprint density at radius 2 is 2.26 bits per heavy atom. The molecule has 6 nitrogen and oxygen atoms in total. The number of nitrogens with one attached hydrogen (secondary N) is 2. The van der Waals surface area contributed by atoms with Gasteiger partial charge in [0.1, 0.15) is 11.6 Å². The maximum Gasteiger partial charge on any atom is 0.408 e. The maximum atomic E-state index is 11.9. The van der Waals surface area contributed by atoms with E-state index in [1.807, 2.05) is 0 Å². The molecule has 102 valence electrons. The number of carbonyl (C=O) groups excluding carboxylic acids is 2. The van der Waals surface area contributed by atoms with Gasteiger partial charge in [0.25, 0.3) is 0 Å². The fourth-order valence-electron chi connectivity index (χ4n) is 1.81. The van der Waals surface area contributed by atoms with E-state index in [2.05, 4.69) is 15.6 Å². The molecule has 1 unspecified atom stereocenters. The second kappa shape index (κ2) is 4.87. The Bertz CT molecular complexity index is 508. The molecule has 0 bridgehead atoms. The molecule has 2 rings (SSSR count). The van der Waals surface area contributed by atoms with Crippen LogP contribution in [-0.2, 0) is 16.0 Å². The summed E-state index contributed by atoms with van der Waals surface area (Å²) in [5, 5.41) is 5.29. The first-order valence-electron chi connectivity index (χ1n) is 6.08. The van der Waals surface area contributed by atoms with E-state index in [9.17, 15) is 9.59 Å². The van der Waals surface area contributed by atoms with Crippen molar-refractivity contribution in [2.45, 2.75) is 38.8 Å². The minimum absolute atomic E-state index is 0.246. The van der Waals surface area contributed by atoms with Crippen molar-refractivity contribution in [2.75, 3.05) is 5.32 Å². The fraction of sp³-hybridized carbons (Fsp3) is 0.462. The summed E-state index contributed by atoms with van der Waals surface area (Å²) in [5.41, 5.74) is 1.04. The summed E-state index contributed by atoms with van der Waals surface area (Å²) in [6, 6.07) is 1.10. The van der Waals surface area contributed by atoms with Crippen LogP contribution in [0.1, 0.15) is 26.3 Å². The number of pyridine rings is 1. The van der Waals surface area contributed by atoms with Crippen LogP contribution in [0.25, 0.3) is 0 Å². The quantitative estimate of drug-likeness (QED) is 0.804. The topological polar surface area (TPSA) is 80.3 Å². The Morgan fingerprint density at radius 3 is 2.95 bits per heavy atom. The zero-order valence-corrected chi connectivity index (χ0v) is 11.2. The predicted octanol–water partition coefficient (Wildman–Crippen LogP) is 1.47. The average molecular weight is 263 g/mol. The average Bonchev–Trinajstić information content (AvgIpc) is 2.27.